The highest BCUT2D eigenvalue weighted by molar-refractivity contribution is 5.21. The Kier molecular flexibility index (Phi) is 6.24. The molecule has 2 heteroatoms. The van der Waals surface area contributed by atoms with Gasteiger partial charge in [0.1, 0.15) is 0 Å². The Morgan fingerprint density at radius 1 is 1.15 bits per heavy atom. The molecule has 0 amide bonds. The van der Waals surface area contributed by atoms with Crippen molar-refractivity contribution in [3.8, 4) is 0 Å². The molecule has 0 aliphatic heterocycles. The molecule has 0 aromatic rings. The number of hydrogen-bond donors (Lipinski definition) is 2. The fourth-order valence-corrected chi connectivity index (χ4v) is 7.38. The van der Waals surface area contributed by atoms with Crippen molar-refractivity contribution in [3.63, 3.8) is 0 Å². The first-order valence-electron chi connectivity index (χ1n) is 11.3. The molecule has 0 bridgehead atoms. The van der Waals surface area contributed by atoms with Gasteiger partial charge in [0.15, 0.2) is 0 Å². The van der Waals surface area contributed by atoms with E-state index in [9.17, 15) is 10.2 Å². The van der Waals surface area contributed by atoms with Crippen LogP contribution in [0.3, 0.4) is 0 Å². The van der Waals surface area contributed by atoms with Crippen molar-refractivity contribution in [3.05, 3.63) is 11.6 Å². The molecule has 3 saturated carbocycles. The molecule has 0 heterocycles. The zero-order valence-electron chi connectivity index (χ0n) is 17.6. The van der Waals surface area contributed by atoms with Crippen LogP contribution in [0.1, 0.15) is 85.5 Å². The molecule has 7 atom stereocenters. The van der Waals surface area contributed by atoms with Gasteiger partial charge in [-0.05, 0) is 85.9 Å². The molecular formula is C24H42O2. The van der Waals surface area contributed by atoms with Crippen molar-refractivity contribution >= 4 is 0 Å². The van der Waals surface area contributed by atoms with E-state index >= 15 is 0 Å². The predicted octanol–water partition coefficient (Wildman–Crippen LogP) is 5.58. The Morgan fingerprint density at radius 3 is 2.50 bits per heavy atom. The van der Waals surface area contributed by atoms with Crippen LogP contribution in [0.5, 0.6) is 0 Å². The summed E-state index contributed by atoms with van der Waals surface area (Å²) in [5.74, 6) is 2.89. The maximum Gasteiger partial charge on any atom is 0.0499 e. The summed E-state index contributed by atoms with van der Waals surface area (Å²) in [4.78, 5) is 0. The van der Waals surface area contributed by atoms with E-state index in [1.807, 2.05) is 0 Å². The van der Waals surface area contributed by atoms with Gasteiger partial charge in [0.05, 0.1) is 0 Å². The molecule has 3 fully saturated rings. The topological polar surface area (TPSA) is 40.5 Å². The summed E-state index contributed by atoms with van der Waals surface area (Å²) in [6, 6.07) is 0. The lowest BCUT2D eigenvalue weighted by molar-refractivity contribution is 0.0668. The van der Waals surface area contributed by atoms with Gasteiger partial charge in [-0.3, -0.25) is 0 Å². The minimum atomic E-state index is 0.309. The zero-order chi connectivity index (χ0) is 18.9. The molecule has 7 unspecified atom stereocenters. The van der Waals surface area contributed by atoms with Crippen LogP contribution in [0, 0.1) is 40.4 Å². The first-order valence-corrected chi connectivity index (χ1v) is 11.3. The van der Waals surface area contributed by atoms with Crippen LogP contribution in [-0.4, -0.2) is 23.4 Å². The number of rotatable bonds is 6. The molecule has 3 aliphatic carbocycles. The molecule has 3 rings (SSSR count). The lowest BCUT2D eigenvalue weighted by Crippen LogP contribution is -2.37. The summed E-state index contributed by atoms with van der Waals surface area (Å²) in [5.41, 5.74) is 2.33. The molecule has 0 spiro atoms. The number of hydrogen-bond acceptors (Lipinski definition) is 2. The first kappa shape index (κ1) is 20.4. The summed E-state index contributed by atoms with van der Waals surface area (Å²) in [6.45, 7) is 10.1. The highest BCUT2D eigenvalue weighted by Gasteiger charge is 2.51. The van der Waals surface area contributed by atoms with Crippen LogP contribution in [0.25, 0.3) is 0 Å². The van der Waals surface area contributed by atoms with Crippen molar-refractivity contribution in [2.75, 3.05) is 13.2 Å². The Morgan fingerprint density at radius 2 is 1.92 bits per heavy atom. The summed E-state index contributed by atoms with van der Waals surface area (Å²) in [5, 5.41) is 20.0. The molecule has 0 aromatic carbocycles. The summed E-state index contributed by atoms with van der Waals surface area (Å²) < 4.78 is 0. The smallest absolute Gasteiger partial charge is 0.0499 e. The lowest BCUT2D eigenvalue weighted by Gasteiger charge is -2.45. The number of aliphatic hydroxyl groups is 2. The van der Waals surface area contributed by atoms with Gasteiger partial charge in [-0.2, -0.15) is 0 Å². The standard InChI is InChI=1S/C24H42O2/c1-5-24(12-10-17(2)14-24)20(16-26)13-19-7-6-11-23(4)21(18(3)15-25)8-9-22(19)23/h13,17-18,20-22,25-26H,5-12,14-16H2,1-4H3. The zero-order valence-corrected chi connectivity index (χ0v) is 17.6. The van der Waals surface area contributed by atoms with Crippen LogP contribution in [0.2, 0.25) is 0 Å². The van der Waals surface area contributed by atoms with Gasteiger partial charge in [0.2, 0.25) is 0 Å². The second-order valence-corrected chi connectivity index (χ2v) is 10.4. The molecule has 150 valence electrons. The van der Waals surface area contributed by atoms with E-state index < -0.39 is 0 Å². The Labute approximate surface area is 161 Å². The average molecular weight is 363 g/mol. The second kappa shape index (κ2) is 7.95. The van der Waals surface area contributed by atoms with E-state index in [1.54, 1.807) is 5.57 Å². The van der Waals surface area contributed by atoms with Crippen LogP contribution < -0.4 is 0 Å². The molecule has 2 N–H and O–H groups in total. The average Bonchev–Trinajstić information content (AvgIpc) is 3.19. The summed E-state index contributed by atoms with van der Waals surface area (Å²) in [7, 11) is 0. The maximum atomic E-state index is 10.3. The van der Waals surface area contributed by atoms with Crippen LogP contribution >= 0.6 is 0 Å². The number of allylic oxidation sites excluding steroid dienone is 1. The first-order chi connectivity index (χ1) is 12.4. The predicted molar refractivity (Wildman–Crippen MR) is 109 cm³/mol. The number of aliphatic hydroxyl groups excluding tert-OH is 2. The van der Waals surface area contributed by atoms with E-state index in [0.29, 0.717) is 47.7 Å². The van der Waals surface area contributed by atoms with Gasteiger partial charge in [0, 0.05) is 19.1 Å². The Hall–Kier alpha value is -0.340. The quantitative estimate of drug-likeness (QED) is 0.605. The summed E-state index contributed by atoms with van der Waals surface area (Å²) in [6.07, 6.45) is 14.0. The molecule has 26 heavy (non-hydrogen) atoms. The third-order valence-corrected chi connectivity index (χ3v) is 9.01. The van der Waals surface area contributed by atoms with Crippen molar-refractivity contribution < 1.29 is 10.2 Å². The van der Waals surface area contributed by atoms with Gasteiger partial charge >= 0.3 is 0 Å². The highest BCUT2D eigenvalue weighted by Crippen LogP contribution is 2.60. The third-order valence-electron chi connectivity index (χ3n) is 9.01. The van der Waals surface area contributed by atoms with Crippen molar-refractivity contribution in [1.29, 1.82) is 0 Å². The molecule has 0 radical (unpaired) electrons. The highest BCUT2D eigenvalue weighted by atomic mass is 16.3. The maximum absolute atomic E-state index is 10.3. The van der Waals surface area contributed by atoms with E-state index in [-0.39, 0.29) is 0 Å². The van der Waals surface area contributed by atoms with Gasteiger partial charge in [0.25, 0.3) is 0 Å². The molecule has 3 aliphatic rings. The van der Waals surface area contributed by atoms with Gasteiger partial charge in [-0.25, -0.2) is 0 Å². The Bertz CT molecular complexity index is 512. The fraction of sp³-hybridized carbons (Fsp3) is 0.917. The third kappa shape index (κ3) is 3.41. The van der Waals surface area contributed by atoms with Crippen molar-refractivity contribution in [2.45, 2.75) is 85.5 Å². The Balaban J connectivity index is 1.86. The van der Waals surface area contributed by atoms with E-state index in [1.165, 1.54) is 57.8 Å². The molecule has 0 saturated heterocycles. The van der Waals surface area contributed by atoms with Gasteiger partial charge < -0.3 is 10.2 Å². The normalized spacial score (nSPS) is 44.2. The van der Waals surface area contributed by atoms with E-state index in [2.05, 4.69) is 33.8 Å². The molecule has 0 aromatic heterocycles. The number of fused-ring (bicyclic) bond motifs is 1. The SMILES string of the molecule is CCC1(C(C=C2CCCC3(C)C2CCC3C(C)CO)CO)CCC(C)C1. The van der Waals surface area contributed by atoms with Crippen molar-refractivity contribution in [1.82, 2.24) is 0 Å². The molecular weight excluding hydrogens is 320 g/mol. The van der Waals surface area contributed by atoms with Crippen LogP contribution in [0.4, 0.5) is 0 Å². The monoisotopic (exact) mass is 362 g/mol. The van der Waals surface area contributed by atoms with Gasteiger partial charge in [-0.15, -0.1) is 0 Å². The van der Waals surface area contributed by atoms with E-state index in [4.69, 9.17) is 0 Å². The second-order valence-electron chi connectivity index (χ2n) is 10.4. The van der Waals surface area contributed by atoms with Crippen LogP contribution in [0.15, 0.2) is 11.6 Å². The largest absolute Gasteiger partial charge is 0.396 e. The van der Waals surface area contributed by atoms with Crippen LogP contribution in [-0.2, 0) is 0 Å². The van der Waals surface area contributed by atoms with E-state index in [0.717, 1.165) is 5.92 Å². The van der Waals surface area contributed by atoms with Crippen molar-refractivity contribution in [2.24, 2.45) is 40.4 Å². The minimum Gasteiger partial charge on any atom is -0.396 e. The minimum absolute atomic E-state index is 0.309. The molecule has 2 nitrogen and oxygen atoms in total. The lowest BCUT2D eigenvalue weighted by atomic mass is 9.60. The van der Waals surface area contributed by atoms with Gasteiger partial charge in [-0.1, -0.05) is 45.8 Å². The fourth-order valence-electron chi connectivity index (χ4n) is 7.38. The summed E-state index contributed by atoms with van der Waals surface area (Å²) >= 11 is 0.